The minimum absolute atomic E-state index is 0.917. The normalized spacial score (nSPS) is 11.1. The van der Waals surface area contributed by atoms with Gasteiger partial charge in [0.2, 0.25) is 0 Å². The summed E-state index contributed by atoms with van der Waals surface area (Å²) in [5.74, 6) is 0. The molecule has 1 heterocycles. The zero-order valence-electron chi connectivity index (χ0n) is 12.1. The van der Waals surface area contributed by atoms with Gasteiger partial charge >= 0.3 is 0 Å². The van der Waals surface area contributed by atoms with Crippen LogP contribution < -0.4 is 5.32 Å². The third kappa shape index (κ3) is 3.04. The topological polar surface area (TPSA) is 17.0 Å². The molecule has 0 spiro atoms. The van der Waals surface area contributed by atoms with Gasteiger partial charge in [-0.05, 0) is 34.5 Å². The molecule has 0 unspecified atom stereocenters. The van der Waals surface area contributed by atoms with Gasteiger partial charge in [0, 0.05) is 40.7 Å². The molecule has 0 radical (unpaired) electrons. The van der Waals surface area contributed by atoms with Crippen LogP contribution >= 0.6 is 15.9 Å². The predicted octanol–water partition coefficient (Wildman–Crippen LogP) is 4.50. The van der Waals surface area contributed by atoms with E-state index in [1.807, 2.05) is 0 Å². The average molecular weight is 343 g/mol. The number of halogens is 1. The molecule has 0 aliphatic heterocycles. The number of aromatic nitrogens is 1. The van der Waals surface area contributed by atoms with Gasteiger partial charge in [0.15, 0.2) is 0 Å². The second-order valence-corrected chi connectivity index (χ2v) is 6.02. The van der Waals surface area contributed by atoms with Crippen LogP contribution in [0.5, 0.6) is 0 Å². The Morgan fingerprint density at radius 2 is 1.71 bits per heavy atom. The number of para-hydroxylation sites is 1. The van der Waals surface area contributed by atoms with E-state index in [0.717, 1.165) is 19.6 Å². The van der Waals surface area contributed by atoms with Crippen molar-refractivity contribution < 1.29 is 0 Å². The average Bonchev–Trinajstić information content (AvgIpc) is 2.77. The highest BCUT2D eigenvalue weighted by Gasteiger charge is 2.10. The van der Waals surface area contributed by atoms with Crippen molar-refractivity contribution in [3.05, 3.63) is 70.3 Å². The summed E-state index contributed by atoms with van der Waals surface area (Å²) in [5.41, 5.74) is 3.91. The van der Waals surface area contributed by atoms with Crippen molar-refractivity contribution in [1.29, 1.82) is 0 Å². The molecule has 2 nitrogen and oxygen atoms in total. The van der Waals surface area contributed by atoms with E-state index in [1.54, 1.807) is 0 Å². The fraction of sp³-hybridized carbons (Fsp3) is 0.222. The minimum Gasteiger partial charge on any atom is -0.342 e. The summed E-state index contributed by atoms with van der Waals surface area (Å²) >= 11 is 3.71. The van der Waals surface area contributed by atoms with Gasteiger partial charge in [-0.2, -0.15) is 0 Å². The highest BCUT2D eigenvalue weighted by Crippen LogP contribution is 2.30. The Morgan fingerprint density at radius 1 is 1.00 bits per heavy atom. The number of fused-ring (bicyclic) bond motifs is 1. The lowest BCUT2D eigenvalue weighted by Gasteiger charge is -2.09. The van der Waals surface area contributed by atoms with Gasteiger partial charge < -0.3 is 9.88 Å². The van der Waals surface area contributed by atoms with Crippen LogP contribution in [0.2, 0.25) is 0 Å². The number of benzene rings is 2. The van der Waals surface area contributed by atoms with Crippen LogP contribution in [0.1, 0.15) is 11.3 Å². The summed E-state index contributed by atoms with van der Waals surface area (Å²) in [5, 5.41) is 4.81. The van der Waals surface area contributed by atoms with Crippen LogP contribution in [0.15, 0.2) is 59.1 Å². The highest BCUT2D eigenvalue weighted by molar-refractivity contribution is 9.10. The van der Waals surface area contributed by atoms with E-state index in [-0.39, 0.29) is 0 Å². The highest BCUT2D eigenvalue weighted by atomic mass is 79.9. The van der Waals surface area contributed by atoms with Crippen LogP contribution in [-0.4, -0.2) is 11.1 Å². The lowest BCUT2D eigenvalue weighted by molar-refractivity contribution is 0.601. The molecule has 1 N–H and O–H groups in total. The summed E-state index contributed by atoms with van der Waals surface area (Å²) in [6, 6.07) is 19.1. The van der Waals surface area contributed by atoms with Crippen LogP contribution in [0.3, 0.4) is 0 Å². The standard InChI is InChI=1S/C18H19BrN2/c1-14-18(19)16-9-5-6-10-17(16)21(14)12-11-20-13-15-7-3-2-4-8-15/h2-10,20H,11-13H2,1H3. The van der Waals surface area contributed by atoms with Crippen molar-refractivity contribution in [3.8, 4) is 0 Å². The summed E-state index contributed by atoms with van der Waals surface area (Å²) in [7, 11) is 0. The van der Waals surface area contributed by atoms with Crippen molar-refractivity contribution in [2.24, 2.45) is 0 Å². The summed E-state index contributed by atoms with van der Waals surface area (Å²) < 4.78 is 3.58. The maximum atomic E-state index is 3.71. The lowest BCUT2D eigenvalue weighted by Crippen LogP contribution is -2.19. The first kappa shape index (κ1) is 14.4. The molecule has 0 fully saturated rings. The quantitative estimate of drug-likeness (QED) is 0.675. The molecule has 3 rings (SSSR count). The van der Waals surface area contributed by atoms with Gasteiger partial charge in [0.1, 0.15) is 0 Å². The van der Waals surface area contributed by atoms with Crippen molar-refractivity contribution in [2.45, 2.75) is 20.0 Å². The summed E-state index contributed by atoms with van der Waals surface area (Å²) in [4.78, 5) is 0. The molecule has 3 heteroatoms. The predicted molar refractivity (Wildman–Crippen MR) is 92.5 cm³/mol. The van der Waals surface area contributed by atoms with E-state index in [1.165, 1.54) is 26.6 Å². The Hall–Kier alpha value is -1.58. The molecule has 21 heavy (non-hydrogen) atoms. The molecule has 0 bridgehead atoms. The van der Waals surface area contributed by atoms with Gasteiger partial charge in [-0.15, -0.1) is 0 Å². The molecular weight excluding hydrogens is 324 g/mol. The third-order valence-corrected chi connectivity index (χ3v) is 4.84. The summed E-state index contributed by atoms with van der Waals surface area (Å²) in [6.07, 6.45) is 0. The first-order valence-corrected chi connectivity index (χ1v) is 8.04. The second kappa shape index (κ2) is 6.46. The number of nitrogens with zero attached hydrogens (tertiary/aromatic N) is 1. The number of rotatable bonds is 5. The van der Waals surface area contributed by atoms with E-state index in [0.29, 0.717) is 0 Å². The van der Waals surface area contributed by atoms with E-state index < -0.39 is 0 Å². The van der Waals surface area contributed by atoms with Gasteiger partial charge in [-0.1, -0.05) is 48.5 Å². The largest absolute Gasteiger partial charge is 0.342 e. The second-order valence-electron chi connectivity index (χ2n) is 5.23. The van der Waals surface area contributed by atoms with Gasteiger partial charge in [-0.25, -0.2) is 0 Å². The Morgan fingerprint density at radius 3 is 2.52 bits per heavy atom. The Labute approximate surface area is 133 Å². The van der Waals surface area contributed by atoms with Crippen LogP contribution in [-0.2, 0) is 13.1 Å². The van der Waals surface area contributed by atoms with Crippen molar-refractivity contribution >= 4 is 26.8 Å². The van der Waals surface area contributed by atoms with Crippen molar-refractivity contribution in [3.63, 3.8) is 0 Å². The first-order chi connectivity index (χ1) is 10.3. The van der Waals surface area contributed by atoms with Crippen LogP contribution in [0.25, 0.3) is 10.9 Å². The third-order valence-electron chi connectivity index (χ3n) is 3.84. The molecule has 3 aromatic rings. The SMILES string of the molecule is Cc1c(Br)c2ccccc2n1CCNCc1ccccc1. The molecule has 0 saturated heterocycles. The molecular formula is C18H19BrN2. The molecule has 2 aromatic carbocycles. The van der Waals surface area contributed by atoms with Gasteiger partial charge in [0.05, 0.1) is 0 Å². The maximum Gasteiger partial charge on any atom is 0.0494 e. The maximum absolute atomic E-state index is 3.71. The fourth-order valence-electron chi connectivity index (χ4n) is 2.70. The van der Waals surface area contributed by atoms with Gasteiger partial charge in [-0.3, -0.25) is 0 Å². The van der Waals surface area contributed by atoms with Crippen LogP contribution in [0.4, 0.5) is 0 Å². The number of hydrogen-bond donors (Lipinski definition) is 1. The Bertz CT molecular complexity index is 732. The Kier molecular flexibility index (Phi) is 4.42. The number of hydrogen-bond acceptors (Lipinski definition) is 1. The van der Waals surface area contributed by atoms with E-state index in [9.17, 15) is 0 Å². The van der Waals surface area contributed by atoms with Gasteiger partial charge in [0.25, 0.3) is 0 Å². The molecule has 1 aromatic heterocycles. The lowest BCUT2D eigenvalue weighted by atomic mass is 10.2. The van der Waals surface area contributed by atoms with Crippen molar-refractivity contribution in [1.82, 2.24) is 9.88 Å². The molecule has 0 atom stereocenters. The molecule has 0 aliphatic carbocycles. The first-order valence-electron chi connectivity index (χ1n) is 7.25. The summed E-state index contributed by atoms with van der Waals surface area (Å²) in [6.45, 7) is 5.02. The van der Waals surface area contributed by atoms with Crippen molar-refractivity contribution in [2.75, 3.05) is 6.54 Å². The molecule has 0 amide bonds. The molecule has 0 saturated carbocycles. The zero-order valence-corrected chi connectivity index (χ0v) is 13.7. The fourth-order valence-corrected chi connectivity index (χ4v) is 3.25. The van der Waals surface area contributed by atoms with Crippen LogP contribution in [0, 0.1) is 6.92 Å². The Balaban J connectivity index is 1.67. The molecule has 0 aliphatic rings. The van der Waals surface area contributed by atoms with E-state index in [2.05, 4.69) is 87.3 Å². The minimum atomic E-state index is 0.917. The molecule has 108 valence electrons. The number of nitrogens with one attached hydrogen (secondary N) is 1. The monoisotopic (exact) mass is 342 g/mol. The smallest absolute Gasteiger partial charge is 0.0494 e. The van der Waals surface area contributed by atoms with E-state index in [4.69, 9.17) is 0 Å². The zero-order chi connectivity index (χ0) is 14.7. The van der Waals surface area contributed by atoms with E-state index >= 15 is 0 Å².